The minimum Gasteiger partial charge on any atom is -0.312 e. The number of thiazole rings is 1. The Bertz CT molecular complexity index is 3340. The van der Waals surface area contributed by atoms with E-state index in [1.54, 1.807) is 53.4 Å². The number of aromatic nitrogens is 1. The molecule has 0 bridgehead atoms. The van der Waals surface area contributed by atoms with E-state index in [4.69, 9.17) is 0 Å². The highest BCUT2D eigenvalue weighted by molar-refractivity contribution is 7.18. The SMILES string of the molecule is CC(C)(C)c1ccc(CC(=O)CC(=O)Cc2ccccc2)cc1F.CC(C)c1ccc(CC(=O)C2CCCCN(c3ccc(F)cc3)C2=O)cc1F.CC(C)c1ccc2nc(CC(=O)C3(C(=O)Cc4ccc(F)cc4)CC3)sc2c1. The summed E-state index contributed by atoms with van der Waals surface area (Å²) < 4.78 is 55.7. The molecule has 1 atom stereocenters. The molecule has 1 aromatic heterocycles. The van der Waals surface area contributed by atoms with Crippen LogP contribution in [0.5, 0.6) is 0 Å². The number of nitrogens with zero attached hydrogens (tertiary/aromatic N) is 2. The Morgan fingerprint density at radius 3 is 1.80 bits per heavy atom. The maximum atomic E-state index is 14.2. The minimum atomic E-state index is -0.866. The number of amides is 1. The Hall–Kier alpha value is -7.25. The summed E-state index contributed by atoms with van der Waals surface area (Å²) in [6, 6.07) is 36.9. The molecule has 6 aromatic carbocycles. The maximum absolute atomic E-state index is 14.2. The number of hydrogen-bond acceptors (Lipinski definition) is 8. The molecule has 1 aliphatic carbocycles. The van der Waals surface area contributed by atoms with Gasteiger partial charge in [-0.05, 0) is 143 Å². The zero-order valence-corrected chi connectivity index (χ0v) is 47.5. The second kappa shape index (κ2) is 26.8. The van der Waals surface area contributed by atoms with Gasteiger partial charge < -0.3 is 4.90 Å². The molecule has 1 aliphatic heterocycles. The minimum absolute atomic E-state index is 0.0307. The highest BCUT2D eigenvalue weighted by Crippen LogP contribution is 2.49. The Balaban J connectivity index is 0.000000174. The lowest BCUT2D eigenvalue weighted by atomic mass is 9.86. The van der Waals surface area contributed by atoms with Crippen LogP contribution in [-0.4, -0.2) is 46.4 Å². The molecule has 0 N–H and O–H groups in total. The van der Waals surface area contributed by atoms with Crippen molar-refractivity contribution in [2.24, 2.45) is 11.3 Å². The highest BCUT2D eigenvalue weighted by Gasteiger charge is 2.55. The monoisotopic (exact) mass is 1110 g/mol. The molecule has 80 heavy (non-hydrogen) atoms. The zero-order chi connectivity index (χ0) is 57.9. The normalized spacial score (nSPS) is 14.9. The van der Waals surface area contributed by atoms with Crippen LogP contribution >= 0.6 is 11.3 Å². The number of hydrogen-bond donors (Lipinski definition) is 0. The summed E-state index contributed by atoms with van der Waals surface area (Å²) in [5, 5.41) is 0.766. The van der Waals surface area contributed by atoms with E-state index in [-0.39, 0.29) is 108 Å². The Kier molecular flexibility index (Phi) is 20.2. The highest BCUT2D eigenvalue weighted by atomic mass is 32.1. The molecule has 0 radical (unpaired) electrons. The first-order chi connectivity index (χ1) is 38.0. The predicted octanol–water partition coefficient (Wildman–Crippen LogP) is 14.7. The molecule has 2 heterocycles. The third kappa shape index (κ3) is 16.2. The molecular weight excluding hydrogens is 1040 g/mol. The number of benzene rings is 6. The first kappa shape index (κ1) is 60.4. The first-order valence-corrected chi connectivity index (χ1v) is 28.3. The van der Waals surface area contributed by atoms with Gasteiger partial charge in [0.25, 0.3) is 0 Å². The van der Waals surface area contributed by atoms with E-state index in [2.05, 4.69) is 31.0 Å². The fraction of sp³-hybridized carbons (Fsp3) is 0.358. The van der Waals surface area contributed by atoms with Gasteiger partial charge in [-0.15, -0.1) is 11.3 Å². The van der Waals surface area contributed by atoms with Crippen molar-refractivity contribution in [1.29, 1.82) is 0 Å². The molecule has 1 saturated heterocycles. The number of rotatable bonds is 18. The number of anilines is 1. The molecule has 1 unspecified atom stereocenters. The van der Waals surface area contributed by atoms with Gasteiger partial charge >= 0.3 is 0 Å². The quantitative estimate of drug-likeness (QED) is 0.0620. The third-order valence-electron chi connectivity index (χ3n) is 14.7. The summed E-state index contributed by atoms with van der Waals surface area (Å²) in [4.78, 5) is 81.8. The first-order valence-electron chi connectivity index (χ1n) is 27.4. The lowest BCUT2D eigenvalue weighted by Crippen LogP contribution is -2.38. The van der Waals surface area contributed by atoms with Gasteiger partial charge in [0.2, 0.25) is 5.91 Å². The van der Waals surface area contributed by atoms with Crippen molar-refractivity contribution in [3.05, 3.63) is 201 Å². The van der Waals surface area contributed by atoms with Crippen LogP contribution in [0.4, 0.5) is 23.2 Å². The summed E-state index contributed by atoms with van der Waals surface area (Å²) in [5.74, 6) is -2.41. The zero-order valence-electron chi connectivity index (χ0n) is 46.7. The van der Waals surface area contributed by atoms with Crippen LogP contribution in [0.15, 0.2) is 133 Å². The average Bonchev–Trinajstić information content (AvgIpc) is 4.16. The van der Waals surface area contributed by atoms with Crippen LogP contribution in [0.3, 0.4) is 0 Å². The Morgan fingerprint density at radius 1 is 0.625 bits per heavy atom. The molecule has 13 heteroatoms. The molecular formula is C67H70F4N2O6S. The number of carbonyl (C=O) groups excluding carboxylic acids is 6. The number of carbonyl (C=O) groups is 6. The average molecular weight is 1110 g/mol. The second-order valence-corrected chi connectivity index (χ2v) is 23.8. The van der Waals surface area contributed by atoms with E-state index >= 15 is 0 Å². The standard InChI is InChI=1S/C23H25F2NO2.C23H22FNO2S.C21H23FO2/c1-15(2)19-11-6-16(13-21(19)25)14-22(27)20-5-3-4-12-26(23(20)28)18-9-7-17(24)8-10-18;1-14(2)16-5-8-18-19(12-16)28-22(25-18)13-21(27)23(9-10-23)20(26)11-15-3-6-17(24)7-4-15;1-21(2,3)19-10-9-16(13-20(19)22)12-18(24)14-17(23)11-15-7-5-4-6-8-15/h6-11,13,15,20H,3-5,12,14H2,1-2H3;3-8,12,14H,9-11,13H2,1-2H3;4-10,13H,11-12,14H2,1-3H3. The van der Waals surface area contributed by atoms with Crippen molar-refractivity contribution in [3.63, 3.8) is 0 Å². The summed E-state index contributed by atoms with van der Waals surface area (Å²) in [7, 11) is 0. The van der Waals surface area contributed by atoms with Crippen LogP contribution in [0.25, 0.3) is 10.2 Å². The van der Waals surface area contributed by atoms with E-state index in [0.717, 1.165) is 39.2 Å². The molecule has 8 nitrogen and oxygen atoms in total. The van der Waals surface area contributed by atoms with Crippen molar-refractivity contribution >= 4 is 62.1 Å². The van der Waals surface area contributed by atoms with Crippen molar-refractivity contribution in [2.75, 3.05) is 11.4 Å². The Labute approximate surface area is 471 Å². The van der Waals surface area contributed by atoms with Gasteiger partial charge in [-0.2, -0.15) is 0 Å². The van der Waals surface area contributed by atoms with Gasteiger partial charge in [-0.3, -0.25) is 28.8 Å². The molecule has 1 saturated carbocycles. The predicted molar refractivity (Wildman–Crippen MR) is 308 cm³/mol. The maximum Gasteiger partial charge on any atom is 0.237 e. The lowest BCUT2D eigenvalue weighted by Gasteiger charge is -2.24. The van der Waals surface area contributed by atoms with Crippen molar-refractivity contribution < 1.29 is 46.3 Å². The number of ketones is 5. The van der Waals surface area contributed by atoms with Gasteiger partial charge in [0.15, 0.2) is 11.6 Å². The molecule has 418 valence electrons. The number of Topliss-reactive ketones (excluding diaryl/α,β-unsaturated/α-hetero) is 5. The van der Waals surface area contributed by atoms with Gasteiger partial charge in [-0.25, -0.2) is 22.5 Å². The van der Waals surface area contributed by atoms with Crippen LogP contribution in [0.2, 0.25) is 0 Å². The van der Waals surface area contributed by atoms with Crippen molar-refractivity contribution in [3.8, 4) is 0 Å². The Morgan fingerprint density at radius 2 is 1.20 bits per heavy atom. The molecule has 0 spiro atoms. The van der Waals surface area contributed by atoms with E-state index < -0.39 is 11.3 Å². The van der Waals surface area contributed by atoms with Gasteiger partial charge in [0, 0.05) is 37.9 Å². The summed E-state index contributed by atoms with van der Waals surface area (Å²) in [6.45, 7) is 14.5. The fourth-order valence-electron chi connectivity index (χ4n) is 9.89. The van der Waals surface area contributed by atoms with Gasteiger partial charge in [-0.1, -0.05) is 128 Å². The van der Waals surface area contributed by atoms with Crippen LogP contribution in [0, 0.1) is 34.6 Å². The van der Waals surface area contributed by atoms with E-state index in [1.807, 2.05) is 71.0 Å². The van der Waals surface area contributed by atoms with E-state index in [1.165, 1.54) is 53.3 Å². The fourth-order valence-corrected chi connectivity index (χ4v) is 10.9. The summed E-state index contributed by atoms with van der Waals surface area (Å²) >= 11 is 1.53. The number of fused-ring (bicyclic) bond motifs is 1. The van der Waals surface area contributed by atoms with Crippen molar-refractivity contribution in [1.82, 2.24) is 4.98 Å². The summed E-state index contributed by atoms with van der Waals surface area (Å²) in [5.41, 5.74) is 5.68. The molecule has 2 aliphatic rings. The lowest BCUT2D eigenvalue weighted by molar-refractivity contribution is -0.134. The largest absolute Gasteiger partial charge is 0.312 e. The molecule has 1 amide bonds. The van der Waals surface area contributed by atoms with Crippen LogP contribution in [0.1, 0.15) is 143 Å². The van der Waals surface area contributed by atoms with E-state index in [0.29, 0.717) is 59.7 Å². The van der Waals surface area contributed by atoms with Crippen molar-refractivity contribution in [2.45, 2.75) is 136 Å². The number of halogens is 4. The molecule has 7 aromatic rings. The van der Waals surface area contributed by atoms with Crippen LogP contribution in [-0.2, 0) is 66.3 Å². The van der Waals surface area contributed by atoms with Gasteiger partial charge in [0.1, 0.15) is 45.6 Å². The topological polar surface area (TPSA) is 119 Å². The smallest absolute Gasteiger partial charge is 0.237 e. The second-order valence-electron chi connectivity index (χ2n) is 22.7. The molecule has 2 fully saturated rings. The van der Waals surface area contributed by atoms with E-state index in [9.17, 15) is 46.3 Å². The van der Waals surface area contributed by atoms with Crippen LogP contribution < -0.4 is 4.90 Å². The summed E-state index contributed by atoms with van der Waals surface area (Å²) in [6.07, 6.45) is 3.87. The van der Waals surface area contributed by atoms with Gasteiger partial charge in [0.05, 0.1) is 34.4 Å². The third-order valence-corrected chi connectivity index (χ3v) is 15.7. The molecule has 9 rings (SSSR count).